The third-order valence-electron chi connectivity index (χ3n) is 4.24. The molecule has 2 aromatic carbocycles. The molecule has 7 nitrogen and oxygen atoms in total. The summed E-state index contributed by atoms with van der Waals surface area (Å²) < 4.78 is 42.7. The maximum Gasteiger partial charge on any atom is 0.227 e. The number of nitrogens with zero attached hydrogens (tertiary/aromatic N) is 2. The van der Waals surface area contributed by atoms with Gasteiger partial charge in [0.15, 0.2) is 15.7 Å². The SMILES string of the molecule is Cc1ccc(C)c(NC(=O)CCc2nc(CS(=O)(=O)c3ccc(F)cc3)no2)c1. The number of halogens is 1. The Kier molecular flexibility index (Phi) is 6.07. The smallest absolute Gasteiger partial charge is 0.227 e. The maximum absolute atomic E-state index is 13.0. The van der Waals surface area contributed by atoms with Gasteiger partial charge < -0.3 is 9.84 Å². The molecule has 1 aromatic heterocycles. The standard InChI is InChI=1S/C20H20FN3O4S/c1-13-3-4-14(2)17(11-13)22-19(25)9-10-20-23-18(24-28-20)12-29(26,27)16-7-5-15(21)6-8-16/h3-8,11H,9-10,12H2,1-2H3,(H,22,25). The first kappa shape index (κ1) is 20.7. The Bertz CT molecular complexity index is 1120. The van der Waals surface area contributed by atoms with Crippen LogP contribution in [0.25, 0.3) is 0 Å². The lowest BCUT2D eigenvalue weighted by Crippen LogP contribution is -2.13. The number of carbonyl (C=O) groups excluding carboxylic acids is 1. The summed E-state index contributed by atoms with van der Waals surface area (Å²) >= 11 is 0. The first-order valence-electron chi connectivity index (χ1n) is 8.90. The number of sulfone groups is 1. The van der Waals surface area contributed by atoms with Crippen LogP contribution in [0.15, 0.2) is 51.9 Å². The summed E-state index contributed by atoms with van der Waals surface area (Å²) in [5, 5.41) is 6.50. The van der Waals surface area contributed by atoms with Crippen LogP contribution in [0, 0.1) is 19.7 Å². The van der Waals surface area contributed by atoms with E-state index in [0.29, 0.717) is 0 Å². The molecule has 0 aliphatic heterocycles. The van der Waals surface area contributed by atoms with Crippen LogP contribution < -0.4 is 5.32 Å². The van der Waals surface area contributed by atoms with Crippen molar-refractivity contribution in [1.29, 1.82) is 0 Å². The highest BCUT2D eigenvalue weighted by Crippen LogP contribution is 2.18. The zero-order valence-corrected chi connectivity index (χ0v) is 16.8. The minimum absolute atomic E-state index is 0.0146. The Balaban J connectivity index is 1.58. The summed E-state index contributed by atoms with van der Waals surface area (Å²) in [6.45, 7) is 3.84. The lowest BCUT2D eigenvalue weighted by Gasteiger charge is -2.08. The van der Waals surface area contributed by atoms with Crippen LogP contribution in [0.4, 0.5) is 10.1 Å². The van der Waals surface area contributed by atoms with Crippen molar-refractivity contribution in [3.05, 3.63) is 71.1 Å². The second-order valence-electron chi connectivity index (χ2n) is 6.68. The summed E-state index contributed by atoms with van der Waals surface area (Å²) in [6.07, 6.45) is 0.292. The van der Waals surface area contributed by atoms with Crippen molar-refractivity contribution >= 4 is 21.4 Å². The fourth-order valence-corrected chi connectivity index (χ4v) is 3.82. The number of anilines is 1. The summed E-state index contributed by atoms with van der Waals surface area (Å²) in [5.74, 6) is -1.05. The molecule has 0 unspecified atom stereocenters. The van der Waals surface area contributed by atoms with Crippen LogP contribution in [-0.2, 0) is 26.8 Å². The average molecular weight is 417 g/mol. The van der Waals surface area contributed by atoms with E-state index in [0.717, 1.165) is 28.9 Å². The molecule has 1 N–H and O–H groups in total. The van der Waals surface area contributed by atoms with Crippen molar-refractivity contribution in [3.8, 4) is 0 Å². The molecule has 152 valence electrons. The Morgan fingerprint density at radius 1 is 1.14 bits per heavy atom. The van der Waals surface area contributed by atoms with E-state index in [2.05, 4.69) is 15.5 Å². The lowest BCUT2D eigenvalue weighted by atomic mass is 10.1. The molecular formula is C20H20FN3O4S. The van der Waals surface area contributed by atoms with E-state index in [1.807, 2.05) is 32.0 Å². The van der Waals surface area contributed by atoms with Gasteiger partial charge in [0, 0.05) is 18.5 Å². The van der Waals surface area contributed by atoms with E-state index in [1.165, 1.54) is 12.1 Å². The van der Waals surface area contributed by atoms with Crippen LogP contribution >= 0.6 is 0 Å². The van der Waals surface area contributed by atoms with Crippen LogP contribution in [0.3, 0.4) is 0 Å². The van der Waals surface area contributed by atoms with E-state index in [1.54, 1.807) is 0 Å². The summed E-state index contributed by atoms with van der Waals surface area (Å²) in [4.78, 5) is 16.2. The van der Waals surface area contributed by atoms with Crippen LogP contribution in [0.1, 0.15) is 29.3 Å². The van der Waals surface area contributed by atoms with Gasteiger partial charge in [0.05, 0.1) is 4.90 Å². The predicted octanol–water partition coefficient (Wildman–Crippen LogP) is 3.37. The molecule has 1 heterocycles. The number of hydrogen-bond donors (Lipinski definition) is 1. The van der Waals surface area contributed by atoms with Crippen molar-refractivity contribution in [1.82, 2.24) is 10.1 Å². The molecule has 0 atom stereocenters. The first-order chi connectivity index (χ1) is 13.7. The van der Waals surface area contributed by atoms with Crippen LogP contribution in [-0.4, -0.2) is 24.5 Å². The van der Waals surface area contributed by atoms with Gasteiger partial charge in [-0.2, -0.15) is 4.98 Å². The maximum atomic E-state index is 13.0. The number of rotatable bonds is 7. The largest absolute Gasteiger partial charge is 0.339 e. The van der Waals surface area contributed by atoms with Crippen LogP contribution in [0.5, 0.6) is 0 Å². The second-order valence-corrected chi connectivity index (χ2v) is 8.67. The van der Waals surface area contributed by atoms with Gasteiger partial charge in [-0.25, -0.2) is 12.8 Å². The van der Waals surface area contributed by atoms with Crippen molar-refractivity contribution in [3.63, 3.8) is 0 Å². The highest BCUT2D eigenvalue weighted by atomic mass is 32.2. The van der Waals surface area contributed by atoms with Gasteiger partial charge in [0.1, 0.15) is 11.6 Å². The van der Waals surface area contributed by atoms with Gasteiger partial charge in [-0.3, -0.25) is 4.79 Å². The zero-order chi connectivity index (χ0) is 21.0. The van der Waals surface area contributed by atoms with E-state index < -0.39 is 21.4 Å². The highest BCUT2D eigenvalue weighted by Gasteiger charge is 2.20. The molecule has 3 aromatic rings. The van der Waals surface area contributed by atoms with Gasteiger partial charge >= 0.3 is 0 Å². The molecule has 0 fully saturated rings. The number of aromatic nitrogens is 2. The Morgan fingerprint density at radius 2 is 1.86 bits per heavy atom. The topological polar surface area (TPSA) is 102 Å². The quantitative estimate of drug-likeness (QED) is 0.592. The van der Waals surface area contributed by atoms with Crippen molar-refractivity contribution in [2.75, 3.05) is 5.32 Å². The minimum atomic E-state index is -3.73. The molecule has 9 heteroatoms. The molecule has 29 heavy (non-hydrogen) atoms. The molecular weight excluding hydrogens is 397 g/mol. The molecule has 0 radical (unpaired) electrons. The average Bonchev–Trinajstić information content (AvgIpc) is 3.10. The second kappa shape index (κ2) is 8.52. The molecule has 1 amide bonds. The van der Waals surface area contributed by atoms with Crippen LogP contribution in [0.2, 0.25) is 0 Å². The van der Waals surface area contributed by atoms with Crippen molar-refractivity contribution < 1.29 is 22.1 Å². The predicted molar refractivity (Wildman–Crippen MR) is 104 cm³/mol. The number of nitrogens with one attached hydrogen (secondary N) is 1. The molecule has 0 bridgehead atoms. The monoisotopic (exact) mass is 417 g/mol. The summed E-state index contributed by atoms with van der Waals surface area (Å²) in [6, 6.07) is 10.3. The van der Waals surface area contributed by atoms with Crippen molar-refractivity contribution in [2.45, 2.75) is 37.3 Å². The first-order valence-corrected chi connectivity index (χ1v) is 10.5. The van der Waals surface area contributed by atoms with Gasteiger partial charge in [0.25, 0.3) is 0 Å². The summed E-state index contributed by atoms with van der Waals surface area (Å²) in [5.41, 5.74) is 2.73. The Labute approximate surface area is 167 Å². The number of hydrogen-bond acceptors (Lipinski definition) is 6. The minimum Gasteiger partial charge on any atom is -0.339 e. The molecule has 0 aliphatic rings. The Hall–Kier alpha value is -3.07. The number of amides is 1. The third kappa shape index (κ3) is 5.47. The number of aryl methyl sites for hydroxylation is 3. The highest BCUT2D eigenvalue weighted by molar-refractivity contribution is 7.90. The lowest BCUT2D eigenvalue weighted by molar-refractivity contribution is -0.116. The van der Waals surface area contributed by atoms with Gasteiger partial charge in [0.2, 0.25) is 11.8 Å². The molecule has 0 saturated heterocycles. The van der Waals surface area contributed by atoms with E-state index in [-0.39, 0.29) is 35.4 Å². The normalized spacial score (nSPS) is 11.4. The number of carbonyl (C=O) groups is 1. The zero-order valence-electron chi connectivity index (χ0n) is 16.0. The van der Waals surface area contributed by atoms with Crippen molar-refractivity contribution in [2.24, 2.45) is 0 Å². The Morgan fingerprint density at radius 3 is 2.59 bits per heavy atom. The fourth-order valence-electron chi connectivity index (χ4n) is 2.65. The third-order valence-corrected chi connectivity index (χ3v) is 5.86. The van der Waals surface area contributed by atoms with E-state index >= 15 is 0 Å². The van der Waals surface area contributed by atoms with Gasteiger partial charge in [-0.05, 0) is 55.3 Å². The molecule has 0 spiro atoms. The van der Waals surface area contributed by atoms with E-state index in [9.17, 15) is 17.6 Å². The molecule has 0 aliphatic carbocycles. The number of benzene rings is 2. The van der Waals surface area contributed by atoms with Gasteiger partial charge in [-0.1, -0.05) is 17.3 Å². The summed E-state index contributed by atoms with van der Waals surface area (Å²) in [7, 11) is -3.73. The molecule has 3 rings (SSSR count). The van der Waals surface area contributed by atoms with E-state index in [4.69, 9.17) is 4.52 Å². The van der Waals surface area contributed by atoms with Gasteiger partial charge in [-0.15, -0.1) is 0 Å². The molecule has 0 saturated carbocycles. The fraction of sp³-hybridized carbons (Fsp3) is 0.250.